The smallest absolute Gasteiger partial charge is 0.248 e. The maximum absolute atomic E-state index is 11.7. The van der Waals surface area contributed by atoms with Crippen molar-refractivity contribution in [3.8, 4) is 0 Å². The number of rotatable bonds is 1. The second-order valence-electron chi connectivity index (χ2n) is 11.1. The molecule has 0 bridgehead atoms. The summed E-state index contributed by atoms with van der Waals surface area (Å²) in [5, 5.41) is 26.3. The molecule has 35 heavy (non-hydrogen) atoms. The fraction of sp³-hybridized carbons (Fsp3) is 0.500. The molecule has 0 spiro atoms. The fourth-order valence-electron chi connectivity index (χ4n) is 7.06. The zero-order chi connectivity index (χ0) is 24.7. The van der Waals surface area contributed by atoms with Gasteiger partial charge in [0.1, 0.15) is 0 Å². The Balaban J connectivity index is 0.000000806. The highest BCUT2D eigenvalue weighted by molar-refractivity contribution is 5.87. The van der Waals surface area contributed by atoms with Crippen molar-refractivity contribution < 1.29 is 10.2 Å². The normalized spacial score (nSPS) is 31.9. The number of H-pyrrole nitrogens is 1. The van der Waals surface area contributed by atoms with Crippen LogP contribution in [0.1, 0.15) is 57.4 Å². The second kappa shape index (κ2) is 9.53. The Labute approximate surface area is 207 Å². The van der Waals surface area contributed by atoms with Crippen molar-refractivity contribution in [1.29, 1.82) is 0 Å². The molecule has 0 saturated heterocycles. The lowest BCUT2D eigenvalue weighted by Gasteiger charge is -2.43. The van der Waals surface area contributed by atoms with E-state index >= 15 is 0 Å². The summed E-state index contributed by atoms with van der Waals surface area (Å²) in [7, 11) is 3.75. The van der Waals surface area contributed by atoms with Crippen molar-refractivity contribution in [2.24, 2.45) is 17.3 Å². The van der Waals surface area contributed by atoms with Crippen LogP contribution in [0.15, 0.2) is 64.1 Å². The number of fused-ring (bicyclic) bond motifs is 4. The fourth-order valence-corrected chi connectivity index (χ4v) is 7.06. The molecular weight excluding hydrogens is 436 g/mol. The number of benzene rings is 1. The number of aromatic amines is 1. The number of aliphatic hydroxyl groups excluding tert-OH is 2. The van der Waals surface area contributed by atoms with Crippen molar-refractivity contribution in [3.05, 3.63) is 75.3 Å². The molecule has 0 amide bonds. The minimum atomic E-state index is -0.463. The van der Waals surface area contributed by atoms with Gasteiger partial charge in [-0.25, -0.2) is 0 Å². The molecule has 5 unspecified atom stereocenters. The van der Waals surface area contributed by atoms with Crippen molar-refractivity contribution in [1.82, 2.24) is 10.3 Å². The Hall–Kier alpha value is -2.47. The van der Waals surface area contributed by atoms with E-state index in [-0.39, 0.29) is 17.1 Å². The van der Waals surface area contributed by atoms with E-state index in [1.165, 1.54) is 22.3 Å². The molecule has 2 aromatic rings. The van der Waals surface area contributed by atoms with E-state index < -0.39 is 6.10 Å². The van der Waals surface area contributed by atoms with Gasteiger partial charge < -0.3 is 20.5 Å². The standard InChI is InChI=1S/C28H31NO3.C2H7N/c1-28-14-26(31)23-12-19-11-21(30)6-4-16(19)5-7-22(23)25(28)9-8-24(28)18-3-2-17-13-27(32)29-15-20(17)10-18;1-3-2/h2-3,8,10,12-13,15-16,21,25-26,30-31H,4-7,9,11,14H2,1H3,(H,29,32);3H,1-2H3. The lowest BCUT2D eigenvalue weighted by molar-refractivity contribution is 0.124. The lowest BCUT2D eigenvalue weighted by atomic mass is 9.61. The van der Waals surface area contributed by atoms with Crippen LogP contribution in [-0.4, -0.2) is 41.5 Å². The molecule has 4 aliphatic rings. The summed E-state index contributed by atoms with van der Waals surface area (Å²) in [5.74, 6) is 0.975. The van der Waals surface area contributed by atoms with Gasteiger partial charge in [-0.3, -0.25) is 4.79 Å². The largest absolute Gasteiger partial charge is 0.393 e. The van der Waals surface area contributed by atoms with Gasteiger partial charge in [0.05, 0.1) is 12.2 Å². The number of aliphatic hydroxyl groups is 2. The molecular formula is C30H38N2O3. The van der Waals surface area contributed by atoms with Gasteiger partial charge in [0.2, 0.25) is 5.56 Å². The highest BCUT2D eigenvalue weighted by Crippen LogP contribution is 2.59. The Bertz CT molecular complexity index is 1270. The minimum Gasteiger partial charge on any atom is -0.393 e. The summed E-state index contributed by atoms with van der Waals surface area (Å²) in [6.45, 7) is 2.33. The number of hydrogen-bond acceptors (Lipinski definition) is 4. The van der Waals surface area contributed by atoms with Gasteiger partial charge >= 0.3 is 0 Å². The van der Waals surface area contributed by atoms with Gasteiger partial charge in [-0.2, -0.15) is 0 Å². The molecule has 1 fully saturated rings. The summed E-state index contributed by atoms with van der Waals surface area (Å²) in [6, 6.07) is 7.98. The van der Waals surface area contributed by atoms with Gasteiger partial charge in [-0.1, -0.05) is 42.4 Å². The Morgan fingerprint density at radius 3 is 2.69 bits per heavy atom. The first-order valence-corrected chi connectivity index (χ1v) is 13.1. The number of hydrogen-bond donors (Lipinski definition) is 4. The van der Waals surface area contributed by atoms with Gasteiger partial charge in [-0.05, 0) is 104 Å². The molecule has 1 aromatic heterocycles. The Morgan fingerprint density at radius 1 is 1.09 bits per heavy atom. The van der Waals surface area contributed by atoms with Crippen LogP contribution in [0.5, 0.6) is 0 Å². The zero-order valence-electron chi connectivity index (χ0n) is 21.1. The molecule has 5 atom stereocenters. The number of aromatic nitrogens is 1. The summed E-state index contributed by atoms with van der Waals surface area (Å²) >= 11 is 0. The summed E-state index contributed by atoms with van der Waals surface area (Å²) in [4.78, 5) is 14.4. The highest BCUT2D eigenvalue weighted by atomic mass is 16.3. The van der Waals surface area contributed by atoms with Gasteiger partial charge in [0.25, 0.3) is 0 Å². The third-order valence-corrected chi connectivity index (χ3v) is 8.71. The van der Waals surface area contributed by atoms with Gasteiger partial charge in [0.15, 0.2) is 0 Å². The molecule has 4 aliphatic carbocycles. The summed E-state index contributed by atoms with van der Waals surface area (Å²) < 4.78 is 0. The predicted molar refractivity (Wildman–Crippen MR) is 142 cm³/mol. The van der Waals surface area contributed by atoms with E-state index in [0.29, 0.717) is 11.8 Å². The molecule has 0 aliphatic heterocycles. The average Bonchev–Trinajstić information content (AvgIpc) is 3.04. The lowest BCUT2D eigenvalue weighted by Crippen LogP contribution is -2.37. The predicted octanol–water partition coefficient (Wildman–Crippen LogP) is 4.72. The number of pyridine rings is 1. The SMILES string of the molecule is CC12CC(O)C3=C(CCC4CCC(O)CC4=C3)C1CC=C2c1ccc2cc(=O)[nH]cc2c1.CNC. The summed E-state index contributed by atoms with van der Waals surface area (Å²) in [6.07, 6.45) is 12.4. The van der Waals surface area contributed by atoms with E-state index in [0.717, 1.165) is 61.3 Å². The van der Waals surface area contributed by atoms with E-state index in [2.05, 4.69) is 41.5 Å². The minimum absolute atomic E-state index is 0.0807. The van der Waals surface area contributed by atoms with Crippen LogP contribution < -0.4 is 10.9 Å². The van der Waals surface area contributed by atoms with Crippen LogP contribution in [-0.2, 0) is 0 Å². The molecule has 186 valence electrons. The van der Waals surface area contributed by atoms with Crippen LogP contribution in [0, 0.1) is 17.3 Å². The topological polar surface area (TPSA) is 85.3 Å². The summed E-state index contributed by atoms with van der Waals surface area (Å²) in [5.41, 5.74) is 6.28. The molecule has 1 heterocycles. The van der Waals surface area contributed by atoms with Crippen LogP contribution in [0.25, 0.3) is 16.3 Å². The molecule has 0 radical (unpaired) electrons. The van der Waals surface area contributed by atoms with Gasteiger partial charge in [-0.15, -0.1) is 0 Å². The van der Waals surface area contributed by atoms with Crippen molar-refractivity contribution in [2.45, 2.75) is 64.1 Å². The molecule has 5 nitrogen and oxygen atoms in total. The molecule has 1 saturated carbocycles. The van der Waals surface area contributed by atoms with E-state index in [9.17, 15) is 15.0 Å². The maximum atomic E-state index is 11.7. The first kappa shape index (κ1) is 24.2. The van der Waals surface area contributed by atoms with Crippen LogP contribution in [0.2, 0.25) is 0 Å². The quantitative estimate of drug-likeness (QED) is 0.482. The first-order valence-electron chi connectivity index (χ1n) is 13.1. The van der Waals surface area contributed by atoms with E-state index in [1.54, 1.807) is 12.3 Å². The molecule has 1 aromatic carbocycles. The maximum Gasteiger partial charge on any atom is 0.248 e. The average molecular weight is 475 g/mol. The zero-order valence-corrected chi connectivity index (χ0v) is 21.1. The molecule has 5 heteroatoms. The third-order valence-electron chi connectivity index (χ3n) is 8.71. The van der Waals surface area contributed by atoms with Gasteiger partial charge in [0, 0.05) is 17.7 Å². The Morgan fingerprint density at radius 2 is 1.89 bits per heavy atom. The first-order chi connectivity index (χ1) is 16.8. The van der Waals surface area contributed by atoms with E-state index in [1.807, 2.05) is 20.2 Å². The monoisotopic (exact) mass is 474 g/mol. The van der Waals surface area contributed by atoms with Crippen LogP contribution in [0.3, 0.4) is 0 Å². The second-order valence-corrected chi connectivity index (χ2v) is 11.1. The third kappa shape index (κ3) is 4.35. The van der Waals surface area contributed by atoms with E-state index in [4.69, 9.17) is 0 Å². The van der Waals surface area contributed by atoms with Crippen LogP contribution >= 0.6 is 0 Å². The Kier molecular flexibility index (Phi) is 6.60. The van der Waals surface area contributed by atoms with Crippen molar-refractivity contribution >= 4 is 16.3 Å². The molecule has 6 rings (SSSR count). The highest BCUT2D eigenvalue weighted by Gasteiger charge is 2.49. The van der Waals surface area contributed by atoms with Crippen molar-refractivity contribution in [2.75, 3.05) is 14.1 Å². The number of nitrogens with one attached hydrogen (secondary N) is 2. The van der Waals surface area contributed by atoms with Crippen LogP contribution in [0.4, 0.5) is 0 Å². The number of allylic oxidation sites excluding steroid dienone is 3. The van der Waals surface area contributed by atoms with Crippen molar-refractivity contribution in [3.63, 3.8) is 0 Å². The molecule has 4 N–H and O–H groups in total.